The topological polar surface area (TPSA) is 9.23 Å². The molecule has 16 heavy (non-hydrogen) atoms. The highest BCUT2D eigenvalue weighted by Crippen LogP contribution is 2.25. The van der Waals surface area contributed by atoms with Crippen molar-refractivity contribution >= 4 is 0 Å². The van der Waals surface area contributed by atoms with Crippen LogP contribution in [0.5, 0.6) is 11.5 Å². The Balaban J connectivity index is 2.24. The van der Waals surface area contributed by atoms with Gasteiger partial charge in [0.05, 0.1) is 0 Å². The second kappa shape index (κ2) is 5.17. The second-order valence-corrected chi connectivity index (χ2v) is 3.46. The molecule has 0 saturated carbocycles. The standard InChI is InChI=1S/C15H13O/c1-2-8-13-9-6-7-12-15(13)16-14-10-4-3-5-11-14/h1-7,9-12H,8H2. The van der Waals surface area contributed by atoms with Crippen molar-refractivity contribution in [2.24, 2.45) is 0 Å². The van der Waals surface area contributed by atoms with Crippen molar-refractivity contribution in [3.8, 4) is 11.5 Å². The number of ether oxygens (including phenoxy) is 1. The first-order valence-electron chi connectivity index (χ1n) is 5.24. The summed E-state index contributed by atoms with van der Waals surface area (Å²) >= 11 is 0. The summed E-state index contributed by atoms with van der Waals surface area (Å²) in [6.45, 7) is 5.44. The van der Waals surface area contributed by atoms with E-state index in [0.717, 1.165) is 17.1 Å². The number of allylic oxidation sites excluding steroid dienone is 1. The van der Waals surface area contributed by atoms with Crippen LogP contribution in [0.4, 0.5) is 0 Å². The van der Waals surface area contributed by atoms with Crippen LogP contribution in [0.15, 0.2) is 60.7 Å². The van der Waals surface area contributed by atoms with Crippen molar-refractivity contribution < 1.29 is 4.74 Å². The molecule has 1 nitrogen and oxygen atoms in total. The smallest absolute Gasteiger partial charge is 0.130 e. The van der Waals surface area contributed by atoms with E-state index in [1.807, 2.05) is 54.6 Å². The van der Waals surface area contributed by atoms with Crippen LogP contribution in [-0.4, -0.2) is 0 Å². The molecule has 1 radical (unpaired) electrons. The molecule has 0 aliphatic carbocycles. The van der Waals surface area contributed by atoms with E-state index in [1.54, 1.807) is 6.08 Å². The van der Waals surface area contributed by atoms with Gasteiger partial charge < -0.3 is 4.74 Å². The van der Waals surface area contributed by atoms with E-state index in [4.69, 9.17) is 11.3 Å². The Hall–Kier alpha value is -2.02. The number of hydrogen-bond donors (Lipinski definition) is 0. The highest BCUT2D eigenvalue weighted by molar-refractivity contribution is 5.38. The largest absolute Gasteiger partial charge is 0.457 e. The molecule has 0 aliphatic rings. The molecule has 0 bridgehead atoms. The van der Waals surface area contributed by atoms with Gasteiger partial charge in [-0.25, -0.2) is 0 Å². The summed E-state index contributed by atoms with van der Waals surface area (Å²) in [4.78, 5) is 0. The van der Waals surface area contributed by atoms with Gasteiger partial charge in [-0.05, 0) is 30.2 Å². The van der Waals surface area contributed by atoms with E-state index < -0.39 is 0 Å². The zero-order chi connectivity index (χ0) is 11.2. The molecule has 0 heterocycles. The van der Waals surface area contributed by atoms with Gasteiger partial charge in [0.1, 0.15) is 11.5 Å². The van der Waals surface area contributed by atoms with Crippen molar-refractivity contribution in [3.05, 3.63) is 72.8 Å². The Morgan fingerprint density at radius 1 is 0.938 bits per heavy atom. The lowest BCUT2D eigenvalue weighted by molar-refractivity contribution is 0.477. The molecule has 0 saturated heterocycles. The number of rotatable bonds is 4. The molecule has 79 valence electrons. The minimum Gasteiger partial charge on any atom is -0.457 e. The first-order chi connectivity index (χ1) is 7.90. The molecule has 0 amide bonds. The van der Waals surface area contributed by atoms with Gasteiger partial charge in [-0.15, -0.1) is 0 Å². The highest BCUT2D eigenvalue weighted by atomic mass is 16.5. The maximum Gasteiger partial charge on any atom is 0.130 e. The lowest BCUT2D eigenvalue weighted by Gasteiger charge is -2.09. The van der Waals surface area contributed by atoms with Crippen molar-refractivity contribution in [3.63, 3.8) is 0 Å². The van der Waals surface area contributed by atoms with Crippen LogP contribution < -0.4 is 4.74 Å². The molecule has 2 rings (SSSR count). The average molecular weight is 209 g/mol. The van der Waals surface area contributed by atoms with E-state index in [0.29, 0.717) is 6.42 Å². The molecule has 1 heteroatoms. The summed E-state index contributed by atoms with van der Waals surface area (Å²) in [5.74, 6) is 1.70. The Labute approximate surface area is 96.0 Å². The molecule has 0 unspecified atom stereocenters. The number of hydrogen-bond acceptors (Lipinski definition) is 1. The second-order valence-electron chi connectivity index (χ2n) is 3.46. The van der Waals surface area contributed by atoms with Crippen LogP contribution in [-0.2, 0) is 6.42 Å². The van der Waals surface area contributed by atoms with Gasteiger partial charge >= 0.3 is 0 Å². The van der Waals surface area contributed by atoms with Gasteiger partial charge in [-0.1, -0.05) is 49.1 Å². The van der Waals surface area contributed by atoms with Gasteiger partial charge in [-0.3, -0.25) is 0 Å². The zero-order valence-corrected chi connectivity index (χ0v) is 8.97. The predicted molar refractivity (Wildman–Crippen MR) is 65.5 cm³/mol. The Bertz CT molecular complexity index is 460. The summed E-state index contributed by atoms with van der Waals surface area (Å²) in [5, 5.41) is 0. The van der Waals surface area contributed by atoms with Crippen LogP contribution >= 0.6 is 0 Å². The Morgan fingerprint density at radius 3 is 2.38 bits per heavy atom. The third-order valence-corrected chi connectivity index (χ3v) is 2.28. The molecular weight excluding hydrogens is 196 g/mol. The van der Waals surface area contributed by atoms with Crippen LogP contribution in [0, 0.1) is 6.58 Å². The monoisotopic (exact) mass is 209 g/mol. The fourth-order valence-electron chi connectivity index (χ4n) is 1.51. The maximum atomic E-state index is 5.79. The van der Waals surface area contributed by atoms with Crippen molar-refractivity contribution in [2.45, 2.75) is 6.42 Å². The molecule has 0 fully saturated rings. The molecule has 2 aromatic carbocycles. The average Bonchev–Trinajstić information content (AvgIpc) is 2.33. The number of benzene rings is 2. The molecule has 2 aromatic rings. The normalized spacial score (nSPS) is 9.75. The van der Waals surface area contributed by atoms with Crippen molar-refractivity contribution in [1.29, 1.82) is 0 Å². The maximum absolute atomic E-state index is 5.79. The van der Waals surface area contributed by atoms with Gasteiger partial charge in [-0.2, -0.15) is 0 Å². The SMILES string of the molecule is [CH]=CCc1ccccc1Oc1ccccc1. The molecule has 0 N–H and O–H groups in total. The summed E-state index contributed by atoms with van der Waals surface area (Å²) in [6, 6.07) is 17.6. The highest BCUT2D eigenvalue weighted by Gasteiger charge is 2.01. The van der Waals surface area contributed by atoms with E-state index in [1.165, 1.54) is 0 Å². The van der Waals surface area contributed by atoms with E-state index >= 15 is 0 Å². The van der Waals surface area contributed by atoms with Gasteiger partial charge in [0.25, 0.3) is 0 Å². The molecular formula is C15H13O. The molecule has 0 spiro atoms. The van der Waals surface area contributed by atoms with Crippen LogP contribution in [0.2, 0.25) is 0 Å². The third-order valence-electron chi connectivity index (χ3n) is 2.28. The third kappa shape index (κ3) is 2.51. The quantitative estimate of drug-likeness (QED) is 0.739. The first kappa shape index (κ1) is 10.5. The lowest BCUT2D eigenvalue weighted by Crippen LogP contribution is -1.89. The zero-order valence-electron chi connectivity index (χ0n) is 8.97. The van der Waals surface area contributed by atoms with Crippen molar-refractivity contribution in [2.75, 3.05) is 0 Å². The fourth-order valence-corrected chi connectivity index (χ4v) is 1.51. The fraction of sp³-hybridized carbons (Fsp3) is 0.0667. The lowest BCUT2D eigenvalue weighted by atomic mass is 10.1. The Morgan fingerprint density at radius 2 is 1.62 bits per heavy atom. The van der Waals surface area contributed by atoms with Crippen molar-refractivity contribution in [1.82, 2.24) is 0 Å². The van der Waals surface area contributed by atoms with Gasteiger partial charge in [0.2, 0.25) is 0 Å². The Kier molecular flexibility index (Phi) is 3.39. The van der Waals surface area contributed by atoms with E-state index in [9.17, 15) is 0 Å². The van der Waals surface area contributed by atoms with Gasteiger partial charge in [0.15, 0.2) is 0 Å². The summed E-state index contributed by atoms with van der Waals surface area (Å²) in [5.41, 5.74) is 1.09. The first-order valence-corrected chi connectivity index (χ1v) is 5.24. The molecule has 0 aliphatic heterocycles. The summed E-state index contributed by atoms with van der Waals surface area (Å²) in [7, 11) is 0. The van der Waals surface area contributed by atoms with Crippen LogP contribution in [0.3, 0.4) is 0 Å². The van der Waals surface area contributed by atoms with Crippen LogP contribution in [0.1, 0.15) is 5.56 Å². The summed E-state index contributed by atoms with van der Waals surface area (Å²) in [6.07, 6.45) is 2.34. The number of para-hydroxylation sites is 2. The minimum atomic E-state index is 0.711. The molecule has 0 aromatic heterocycles. The van der Waals surface area contributed by atoms with E-state index in [2.05, 4.69) is 0 Å². The minimum absolute atomic E-state index is 0.711. The van der Waals surface area contributed by atoms with Gasteiger partial charge in [0, 0.05) is 0 Å². The van der Waals surface area contributed by atoms with E-state index in [-0.39, 0.29) is 0 Å². The molecule has 0 atom stereocenters. The predicted octanol–water partition coefficient (Wildman–Crippen LogP) is 4.01. The summed E-state index contributed by atoms with van der Waals surface area (Å²) < 4.78 is 5.79. The van der Waals surface area contributed by atoms with Crippen LogP contribution in [0.25, 0.3) is 0 Å².